The Hall–Kier alpha value is -1.16. The molecule has 0 bridgehead atoms. The van der Waals surface area contributed by atoms with Gasteiger partial charge in [-0.3, -0.25) is 4.68 Å². The fourth-order valence-electron chi connectivity index (χ4n) is 2.06. The van der Waals surface area contributed by atoms with Crippen molar-refractivity contribution in [1.29, 1.82) is 0 Å². The van der Waals surface area contributed by atoms with Crippen molar-refractivity contribution >= 4 is 15.9 Å². The summed E-state index contributed by atoms with van der Waals surface area (Å²) in [6.07, 6.45) is 3.73. The van der Waals surface area contributed by atoms with Gasteiger partial charge in [0.05, 0.1) is 0 Å². The lowest BCUT2D eigenvalue weighted by Crippen LogP contribution is -2.05. The van der Waals surface area contributed by atoms with Crippen LogP contribution in [-0.2, 0) is 13.5 Å². The van der Waals surface area contributed by atoms with Crippen LogP contribution >= 0.6 is 15.9 Å². The Labute approximate surface area is 115 Å². The van der Waals surface area contributed by atoms with Gasteiger partial charge in [-0.15, -0.1) is 0 Å². The van der Waals surface area contributed by atoms with E-state index in [-0.39, 0.29) is 5.82 Å². The zero-order chi connectivity index (χ0) is 13.0. The van der Waals surface area contributed by atoms with Gasteiger partial charge in [0.1, 0.15) is 5.82 Å². The molecule has 0 N–H and O–H groups in total. The molecule has 0 fully saturated rings. The second kappa shape index (κ2) is 6.14. The normalized spacial score (nSPS) is 12.6. The van der Waals surface area contributed by atoms with E-state index in [1.807, 2.05) is 23.9 Å². The summed E-state index contributed by atoms with van der Waals surface area (Å²) < 4.78 is 15.1. The van der Waals surface area contributed by atoms with Crippen LogP contribution in [0.2, 0.25) is 0 Å². The summed E-state index contributed by atoms with van der Waals surface area (Å²) in [5.41, 5.74) is 2.26. The second-order valence-electron chi connectivity index (χ2n) is 4.39. The van der Waals surface area contributed by atoms with Crippen LogP contribution in [0.4, 0.5) is 4.39 Å². The zero-order valence-electron chi connectivity index (χ0n) is 10.3. The molecule has 0 aliphatic heterocycles. The minimum absolute atomic E-state index is 0.168. The van der Waals surface area contributed by atoms with Gasteiger partial charge in [0.15, 0.2) is 0 Å². The van der Waals surface area contributed by atoms with E-state index in [1.54, 1.807) is 18.3 Å². The first-order chi connectivity index (χ1) is 8.70. The highest BCUT2D eigenvalue weighted by molar-refractivity contribution is 9.09. The monoisotopic (exact) mass is 310 g/mol. The smallest absolute Gasteiger partial charge is 0.123 e. The minimum atomic E-state index is -0.168. The van der Waals surface area contributed by atoms with Crippen LogP contribution in [0, 0.1) is 5.82 Å². The third-order valence-electron chi connectivity index (χ3n) is 3.18. The fraction of sp³-hybridized carbons (Fsp3) is 0.357. The Morgan fingerprint density at radius 2 is 2.22 bits per heavy atom. The molecule has 1 aromatic carbocycles. The largest absolute Gasteiger partial charge is 0.273 e. The van der Waals surface area contributed by atoms with Crippen LogP contribution in [0.3, 0.4) is 0 Å². The number of nitrogens with zero attached hydrogens (tertiary/aromatic N) is 2. The quantitative estimate of drug-likeness (QED) is 0.770. The molecule has 2 rings (SSSR count). The maximum atomic E-state index is 13.2. The molecule has 0 saturated carbocycles. The average molecular weight is 311 g/mol. The molecule has 1 atom stereocenters. The average Bonchev–Trinajstić information content (AvgIpc) is 2.76. The summed E-state index contributed by atoms with van der Waals surface area (Å²) >= 11 is 3.52. The first kappa shape index (κ1) is 13.3. The molecule has 0 spiro atoms. The van der Waals surface area contributed by atoms with Gasteiger partial charge in [-0.1, -0.05) is 28.1 Å². The highest BCUT2D eigenvalue weighted by atomic mass is 79.9. The van der Waals surface area contributed by atoms with E-state index in [0.29, 0.717) is 5.92 Å². The number of aromatic nitrogens is 2. The summed E-state index contributed by atoms with van der Waals surface area (Å²) in [5, 5.41) is 4.99. The van der Waals surface area contributed by atoms with Crippen LogP contribution in [0.15, 0.2) is 36.5 Å². The number of hydrogen-bond acceptors (Lipinski definition) is 1. The summed E-state index contributed by atoms with van der Waals surface area (Å²) in [7, 11) is 1.95. The molecule has 1 unspecified atom stereocenters. The van der Waals surface area contributed by atoms with Crippen LogP contribution in [-0.4, -0.2) is 15.1 Å². The Morgan fingerprint density at radius 3 is 2.83 bits per heavy atom. The lowest BCUT2D eigenvalue weighted by atomic mass is 9.95. The number of halogens is 2. The SMILES string of the molecule is Cn1nccc1CCC(CBr)c1cccc(F)c1. The van der Waals surface area contributed by atoms with Crippen molar-refractivity contribution in [2.75, 3.05) is 5.33 Å². The van der Waals surface area contributed by atoms with Crippen LogP contribution in [0.5, 0.6) is 0 Å². The molecule has 2 aromatic rings. The van der Waals surface area contributed by atoms with Crippen molar-refractivity contribution in [3.63, 3.8) is 0 Å². The van der Waals surface area contributed by atoms with Crippen molar-refractivity contribution in [2.45, 2.75) is 18.8 Å². The molecular weight excluding hydrogens is 295 g/mol. The standard InChI is InChI=1S/C14H16BrFN2/c1-18-14(7-8-17-18)6-5-12(10-15)11-3-2-4-13(16)9-11/h2-4,7-9,12H,5-6,10H2,1H3. The molecular formula is C14H16BrFN2. The molecule has 0 saturated heterocycles. The topological polar surface area (TPSA) is 17.8 Å². The Morgan fingerprint density at radius 1 is 1.39 bits per heavy atom. The zero-order valence-corrected chi connectivity index (χ0v) is 11.9. The number of alkyl halides is 1. The Bertz CT molecular complexity index is 510. The Balaban J connectivity index is 2.04. The third kappa shape index (κ3) is 3.19. The van der Waals surface area contributed by atoms with Gasteiger partial charge in [-0.25, -0.2) is 4.39 Å². The van der Waals surface area contributed by atoms with Gasteiger partial charge in [0.25, 0.3) is 0 Å². The molecule has 18 heavy (non-hydrogen) atoms. The summed E-state index contributed by atoms with van der Waals surface area (Å²) in [6.45, 7) is 0. The Kier molecular flexibility index (Phi) is 4.53. The number of benzene rings is 1. The number of rotatable bonds is 5. The van der Waals surface area contributed by atoms with E-state index in [2.05, 4.69) is 21.0 Å². The van der Waals surface area contributed by atoms with Crippen LogP contribution in [0.25, 0.3) is 0 Å². The van der Waals surface area contributed by atoms with E-state index in [4.69, 9.17) is 0 Å². The molecule has 0 amide bonds. The third-order valence-corrected chi connectivity index (χ3v) is 3.96. The molecule has 0 radical (unpaired) electrons. The molecule has 2 nitrogen and oxygen atoms in total. The van der Waals surface area contributed by atoms with E-state index in [1.165, 1.54) is 11.8 Å². The van der Waals surface area contributed by atoms with Crippen LogP contribution in [0.1, 0.15) is 23.6 Å². The molecule has 0 aliphatic carbocycles. The van der Waals surface area contributed by atoms with Crippen molar-refractivity contribution in [1.82, 2.24) is 9.78 Å². The fourth-order valence-corrected chi connectivity index (χ4v) is 2.76. The van der Waals surface area contributed by atoms with Gasteiger partial charge in [0.2, 0.25) is 0 Å². The first-order valence-corrected chi connectivity index (χ1v) is 7.11. The van der Waals surface area contributed by atoms with Gasteiger partial charge in [0, 0.05) is 24.3 Å². The van der Waals surface area contributed by atoms with Gasteiger partial charge >= 0.3 is 0 Å². The molecule has 0 aliphatic rings. The van der Waals surface area contributed by atoms with E-state index >= 15 is 0 Å². The predicted octanol–water partition coefficient (Wildman–Crippen LogP) is 3.67. The summed E-state index contributed by atoms with van der Waals surface area (Å²) in [6, 6.07) is 8.88. The maximum absolute atomic E-state index is 13.2. The van der Waals surface area contributed by atoms with Gasteiger partial charge in [-0.2, -0.15) is 5.10 Å². The van der Waals surface area contributed by atoms with Gasteiger partial charge < -0.3 is 0 Å². The molecule has 96 valence electrons. The van der Waals surface area contributed by atoms with Crippen molar-refractivity contribution in [2.24, 2.45) is 7.05 Å². The molecule has 1 heterocycles. The minimum Gasteiger partial charge on any atom is -0.273 e. The summed E-state index contributed by atoms with van der Waals surface area (Å²) in [5.74, 6) is 0.162. The number of aryl methyl sites for hydroxylation is 2. The highest BCUT2D eigenvalue weighted by Gasteiger charge is 2.12. The van der Waals surface area contributed by atoms with Crippen molar-refractivity contribution in [3.05, 3.63) is 53.6 Å². The second-order valence-corrected chi connectivity index (χ2v) is 5.04. The van der Waals surface area contributed by atoms with E-state index in [0.717, 1.165) is 23.7 Å². The molecule has 4 heteroatoms. The lowest BCUT2D eigenvalue weighted by Gasteiger charge is -2.14. The van der Waals surface area contributed by atoms with E-state index < -0.39 is 0 Å². The maximum Gasteiger partial charge on any atom is 0.123 e. The van der Waals surface area contributed by atoms with Crippen LogP contribution < -0.4 is 0 Å². The lowest BCUT2D eigenvalue weighted by molar-refractivity contribution is 0.610. The van der Waals surface area contributed by atoms with Crippen molar-refractivity contribution < 1.29 is 4.39 Å². The van der Waals surface area contributed by atoms with Gasteiger partial charge in [-0.05, 0) is 42.5 Å². The summed E-state index contributed by atoms with van der Waals surface area (Å²) in [4.78, 5) is 0. The first-order valence-electron chi connectivity index (χ1n) is 5.99. The van der Waals surface area contributed by atoms with E-state index in [9.17, 15) is 4.39 Å². The highest BCUT2D eigenvalue weighted by Crippen LogP contribution is 2.24. The molecule has 1 aromatic heterocycles. The predicted molar refractivity (Wildman–Crippen MR) is 74.5 cm³/mol. The van der Waals surface area contributed by atoms with Crippen molar-refractivity contribution in [3.8, 4) is 0 Å². The number of hydrogen-bond donors (Lipinski definition) is 0.